The number of halogens is 1. The van der Waals surface area contributed by atoms with E-state index in [9.17, 15) is 9.18 Å². The highest BCUT2D eigenvalue weighted by Gasteiger charge is 2.26. The van der Waals surface area contributed by atoms with Crippen LogP contribution in [0.25, 0.3) is 10.6 Å². The summed E-state index contributed by atoms with van der Waals surface area (Å²) in [5.41, 5.74) is 1.30. The average Bonchev–Trinajstić information content (AvgIpc) is 3.11. The van der Waals surface area contributed by atoms with Gasteiger partial charge in [0.05, 0.1) is 0 Å². The average molecular weight is 347 g/mol. The van der Waals surface area contributed by atoms with E-state index < -0.39 is 0 Å². The molecule has 0 N–H and O–H groups in total. The highest BCUT2D eigenvalue weighted by molar-refractivity contribution is 7.13. The maximum absolute atomic E-state index is 13.0. The summed E-state index contributed by atoms with van der Waals surface area (Å²) in [5, 5.41) is 2.53. The zero-order valence-electron chi connectivity index (χ0n) is 14.0. The monoisotopic (exact) mass is 347 g/mol. The van der Waals surface area contributed by atoms with Crippen LogP contribution in [0.5, 0.6) is 0 Å². The number of thiazole rings is 1. The summed E-state index contributed by atoms with van der Waals surface area (Å²) in [4.78, 5) is 21.4. The molecular weight excluding hydrogens is 325 g/mol. The number of likely N-dealkylation sites (tertiary alicyclic amines) is 1. The predicted molar refractivity (Wildman–Crippen MR) is 94.7 cm³/mol. The normalized spacial score (nSPS) is 16.3. The quantitative estimate of drug-likeness (QED) is 0.849. The molecule has 1 aliphatic rings. The van der Waals surface area contributed by atoms with E-state index in [1.165, 1.54) is 23.5 Å². The molecule has 6 heteroatoms. The largest absolute Gasteiger partial charge is 0.337 e. The van der Waals surface area contributed by atoms with E-state index in [2.05, 4.69) is 16.8 Å². The fraction of sp³-hybridized carbons (Fsp3) is 0.444. The van der Waals surface area contributed by atoms with Crippen molar-refractivity contribution < 1.29 is 9.18 Å². The SMILES string of the molecule is CCN1CCC(N(C)C(=O)c2csc(-c3ccc(F)cc3)n2)CC1. The highest BCUT2D eigenvalue weighted by Crippen LogP contribution is 2.25. The zero-order chi connectivity index (χ0) is 17.1. The lowest BCUT2D eigenvalue weighted by Crippen LogP contribution is -2.45. The Morgan fingerprint density at radius 2 is 2.00 bits per heavy atom. The van der Waals surface area contributed by atoms with E-state index in [1.807, 2.05) is 11.9 Å². The molecule has 1 amide bonds. The fourth-order valence-corrected chi connectivity index (χ4v) is 3.87. The zero-order valence-corrected chi connectivity index (χ0v) is 14.9. The van der Waals surface area contributed by atoms with Crippen LogP contribution in [0, 0.1) is 5.82 Å². The minimum Gasteiger partial charge on any atom is -0.337 e. The van der Waals surface area contributed by atoms with Gasteiger partial charge in [0.15, 0.2) is 0 Å². The van der Waals surface area contributed by atoms with Crippen molar-refractivity contribution in [3.8, 4) is 10.6 Å². The Hall–Kier alpha value is -1.79. The van der Waals surface area contributed by atoms with Crippen molar-refractivity contribution in [3.63, 3.8) is 0 Å². The van der Waals surface area contributed by atoms with Crippen LogP contribution in [0.2, 0.25) is 0 Å². The Kier molecular flexibility index (Phi) is 5.26. The summed E-state index contributed by atoms with van der Waals surface area (Å²) >= 11 is 1.42. The second-order valence-electron chi connectivity index (χ2n) is 6.13. The van der Waals surface area contributed by atoms with Crippen molar-refractivity contribution >= 4 is 17.2 Å². The third-order valence-corrected chi connectivity index (χ3v) is 5.58. The number of aromatic nitrogens is 1. The van der Waals surface area contributed by atoms with Crippen LogP contribution in [0.4, 0.5) is 4.39 Å². The van der Waals surface area contributed by atoms with Gasteiger partial charge < -0.3 is 9.80 Å². The Balaban J connectivity index is 1.68. The third-order valence-electron chi connectivity index (χ3n) is 4.69. The highest BCUT2D eigenvalue weighted by atomic mass is 32.1. The van der Waals surface area contributed by atoms with Crippen LogP contribution in [0.3, 0.4) is 0 Å². The summed E-state index contributed by atoms with van der Waals surface area (Å²) in [6, 6.07) is 6.47. The Morgan fingerprint density at radius 1 is 1.33 bits per heavy atom. The van der Waals surface area contributed by atoms with Crippen molar-refractivity contribution in [2.45, 2.75) is 25.8 Å². The maximum Gasteiger partial charge on any atom is 0.273 e. The van der Waals surface area contributed by atoms with Gasteiger partial charge in [0, 0.05) is 37.1 Å². The standard InChI is InChI=1S/C18H22FN3OS/c1-3-22-10-8-15(9-11-22)21(2)18(23)16-12-24-17(20-16)13-4-6-14(19)7-5-13/h4-7,12,15H,3,8-11H2,1-2H3. The van der Waals surface area contributed by atoms with E-state index in [-0.39, 0.29) is 17.8 Å². The van der Waals surface area contributed by atoms with Crippen LogP contribution in [0.15, 0.2) is 29.6 Å². The molecule has 4 nitrogen and oxygen atoms in total. The molecule has 0 saturated carbocycles. The minimum absolute atomic E-state index is 0.0328. The van der Waals surface area contributed by atoms with Gasteiger partial charge in [-0.1, -0.05) is 6.92 Å². The second-order valence-corrected chi connectivity index (χ2v) is 6.98. The number of rotatable bonds is 4. The van der Waals surface area contributed by atoms with Gasteiger partial charge in [0.25, 0.3) is 5.91 Å². The molecule has 0 bridgehead atoms. The van der Waals surface area contributed by atoms with Crippen molar-refractivity contribution in [1.82, 2.24) is 14.8 Å². The molecule has 0 spiro atoms. The molecule has 0 unspecified atom stereocenters. The molecule has 2 aromatic rings. The summed E-state index contributed by atoms with van der Waals surface area (Å²) in [6.45, 7) is 5.31. The Bertz CT molecular complexity index is 693. The number of piperidine rings is 1. The molecule has 0 aliphatic carbocycles. The van der Waals surface area contributed by atoms with Gasteiger partial charge in [-0.15, -0.1) is 11.3 Å². The molecule has 24 heavy (non-hydrogen) atoms. The molecule has 1 fully saturated rings. The van der Waals surface area contributed by atoms with E-state index in [0.29, 0.717) is 5.69 Å². The lowest BCUT2D eigenvalue weighted by molar-refractivity contribution is 0.0642. The van der Waals surface area contributed by atoms with Gasteiger partial charge in [0.1, 0.15) is 16.5 Å². The number of benzene rings is 1. The second kappa shape index (κ2) is 7.40. The predicted octanol–water partition coefficient (Wildman–Crippen LogP) is 3.51. The van der Waals surface area contributed by atoms with Gasteiger partial charge in [-0.25, -0.2) is 9.37 Å². The molecule has 0 atom stereocenters. The van der Waals surface area contributed by atoms with Gasteiger partial charge in [-0.3, -0.25) is 4.79 Å². The molecule has 3 rings (SSSR count). The van der Waals surface area contributed by atoms with E-state index in [1.54, 1.807) is 17.5 Å². The first-order valence-corrected chi connectivity index (χ1v) is 9.17. The van der Waals surface area contributed by atoms with Gasteiger partial charge in [-0.05, 0) is 43.7 Å². The molecule has 1 aromatic heterocycles. The Morgan fingerprint density at radius 3 is 2.62 bits per heavy atom. The lowest BCUT2D eigenvalue weighted by Gasteiger charge is -2.36. The molecule has 1 aliphatic heterocycles. The van der Waals surface area contributed by atoms with Gasteiger partial charge >= 0.3 is 0 Å². The smallest absolute Gasteiger partial charge is 0.273 e. The molecule has 0 radical (unpaired) electrons. The van der Waals surface area contributed by atoms with Crippen molar-refractivity contribution in [2.24, 2.45) is 0 Å². The number of nitrogens with zero attached hydrogens (tertiary/aromatic N) is 3. The summed E-state index contributed by atoms with van der Waals surface area (Å²) in [6.07, 6.45) is 2.01. The topological polar surface area (TPSA) is 36.4 Å². The van der Waals surface area contributed by atoms with E-state index >= 15 is 0 Å². The van der Waals surface area contributed by atoms with Crippen LogP contribution in [-0.2, 0) is 0 Å². The number of amides is 1. The van der Waals surface area contributed by atoms with Crippen LogP contribution >= 0.6 is 11.3 Å². The van der Waals surface area contributed by atoms with Crippen LogP contribution in [-0.4, -0.2) is 53.4 Å². The first-order valence-electron chi connectivity index (χ1n) is 8.29. The van der Waals surface area contributed by atoms with Crippen molar-refractivity contribution in [2.75, 3.05) is 26.7 Å². The van der Waals surface area contributed by atoms with Crippen molar-refractivity contribution in [1.29, 1.82) is 0 Å². The summed E-state index contributed by atoms with van der Waals surface area (Å²) in [5.74, 6) is -0.306. The van der Waals surface area contributed by atoms with Crippen LogP contribution < -0.4 is 0 Å². The molecule has 128 valence electrons. The first-order chi connectivity index (χ1) is 11.6. The number of carbonyl (C=O) groups is 1. The maximum atomic E-state index is 13.0. The Labute approximate surface area is 145 Å². The third kappa shape index (κ3) is 3.65. The van der Waals surface area contributed by atoms with E-state index in [4.69, 9.17) is 0 Å². The number of carbonyl (C=O) groups excluding carboxylic acids is 1. The fourth-order valence-electron chi connectivity index (χ4n) is 3.07. The molecule has 1 saturated heterocycles. The molecule has 1 aromatic carbocycles. The molecule has 2 heterocycles. The van der Waals surface area contributed by atoms with Gasteiger partial charge in [0.2, 0.25) is 0 Å². The number of hydrogen-bond acceptors (Lipinski definition) is 4. The summed E-state index contributed by atoms with van der Waals surface area (Å²) in [7, 11) is 1.87. The first kappa shape index (κ1) is 17.0. The lowest BCUT2D eigenvalue weighted by atomic mass is 10.0. The minimum atomic E-state index is -0.273. The number of hydrogen-bond donors (Lipinski definition) is 0. The van der Waals surface area contributed by atoms with E-state index in [0.717, 1.165) is 43.0 Å². The molecular formula is C18H22FN3OS. The summed E-state index contributed by atoms with van der Waals surface area (Å²) < 4.78 is 13.0. The van der Waals surface area contributed by atoms with Crippen molar-refractivity contribution in [3.05, 3.63) is 41.2 Å². The van der Waals surface area contributed by atoms with Crippen LogP contribution in [0.1, 0.15) is 30.3 Å². The van der Waals surface area contributed by atoms with Gasteiger partial charge in [-0.2, -0.15) is 0 Å².